The largest absolute Gasteiger partial charge is 0.480 e. The summed E-state index contributed by atoms with van der Waals surface area (Å²) < 4.78 is 0. The number of carboxylic acid groups (broad SMARTS) is 1. The number of hydrogen-bond donors (Lipinski definition) is 1. The van der Waals surface area contributed by atoms with E-state index in [2.05, 4.69) is 19.1 Å². The number of nitrogens with zero attached hydrogens (tertiary/aromatic N) is 1. The normalized spacial score (nSPS) is 12.0. The molecule has 28 heavy (non-hydrogen) atoms. The quantitative estimate of drug-likeness (QED) is 0.642. The Kier molecular flexibility index (Phi) is 7.80. The number of benzene rings is 2. The van der Waals surface area contributed by atoms with E-state index in [1.165, 1.54) is 16.0 Å². The second kappa shape index (κ2) is 10.1. The van der Waals surface area contributed by atoms with E-state index in [1.54, 1.807) is 0 Å². The highest BCUT2D eigenvalue weighted by atomic mass is 16.4. The lowest BCUT2D eigenvalue weighted by molar-refractivity contribution is -0.153. The Morgan fingerprint density at radius 2 is 1.68 bits per heavy atom. The molecule has 0 heterocycles. The molecule has 2 aromatic rings. The molecule has 1 atom stereocenters. The molecule has 0 fully saturated rings. The fourth-order valence-electron chi connectivity index (χ4n) is 3.47. The highest BCUT2D eigenvalue weighted by molar-refractivity contribution is 5.84. The monoisotopic (exact) mass is 381 g/mol. The molecule has 0 bridgehead atoms. The number of unbranched alkanes of at least 4 members (excludes halogenated alkanes) is 1. The lowest BCUT2D eigenvalue weighted by Gasteiger charge is -2.32. The molecule has 0 spiro atoms. The Morgan fingerprint density at radius 1 is 1.04 bits per heavy atom. The summed E-state index contributed by atoms with van der Waals surface area (Å²) in [6.07, 6.45) is 2.06. The molecule has 1 unspecified atom stereocenters. The highest BCUT2D eigenvalue weighted by Gasteiger charge is 2.31. The Hall–Kier alpha value is -2.62. The van der Waals surface area contributed by atoms with Crippen LogP contribution in [-0.4, -0.2) is 27.9 Å². The lowest BCUT2D eigenvalue weighted by atomic mass is 9.98. The van der Waals surface area contributed by atoms with Gasteiger partial charge in [-0.3, -0.25) is 4.79 Å². The van der Waals surface area contributed by atoms with Crippen molar-refractivity contribution in [3.63, 3.8) is 0 Å². The number of hydrogen-bond acceptors (Lipinski definition) is 2. The van der Waals surface area contributed by atoms with Crippen LogP contribution in [0, 0.1) is 12.8 Å². The van der Waals surface area contributed by atoms with Gasteiger partial charge >= 0.3 is 5.97 Å². The zero-order valence-corrected chi connectivity index (χ0v) is 17.3. The van der Waals surface area contributed by atoms with Gasteiger partial charge in [0, 0.05) is 13.0 Å². The third-order valence-electron chi connectivity index (χ3n) is 5.05. The van der Waals surface area contributed by atoms with Gasteiger partial charge in [-0.2, -0.15) is 0 Å². The fourth-order valence-corrected chi connectivity index (χ4v) is 3.47. The number of amides is 1. The van der Waals surface area contributed by atoms with Crippen LogP contribution in [0.15, 0.2) is 48.5 Å². The van der Waals surface area contributed by atoms with Gasteiger partial charge in [0.25, 0.3) is 0 Å². The maximum atomic E-state index is 12.8. The summed E-state index contributed by atoms with van der Waals surface area (Å²) in [7, 11) is 0. The lowest BCUT2D eigenvalue weighted by Crippen LogP contribution is -2.47. The van der Waals surface area contributed by atoms with Gasteiger partial charge in [-0.25, -0.2) is 4.79 Å². The van der Waals surface area contributed by atoms with E-state index in [9.17, 15) is 14.7 Å². The van der Waals surface area contributed by atoms with Gasteiger partial charge in [0.1, 0.15) is 6.04 Å². The Bertz CT molecular complexity index is 796. The third-order valence-corrected chi connectivity index (χ3v) is 5.05. The summed E-state index contributed by atoms with van der Waals surface area (Å²) in [5, 5.41) is 9.70. The summed E-state index contributed by atoms with van der Waals surface area (Å²) in [4.78, 5) is 26.1. The van der Waals surface area contributed by atoms with Gasteiger partial charge in [-0.05, 0) is 41.5 Å². The Morgan fingerprint density at radius 3 is 2.21 bits per heavy atom. The number of rotatable bonds is 9. The molecule has 2 aromatic carbocycles. The number of aryl methyl sites for hydroxylation is 1. The molecular weight excluding hydrogens is 350 g/mol. The van der Waals surface area contributed by atoms with E-state index in [1.807, 2.05) is 57.2 Å². The van der Waals surface area contributed by atoms with Crippen molar-refractivity contribution in [1.29, 1.82) is 0 Å². The van der Waals surface area contributed by atoms with Gasteiger partial charge in [-0.1, -0.05) is 75.7 Å². The second-order valence-electron chi connectivity index (χ2n) is 7.66. The van der Waals surface area contributed by atoms with Gasteiger partial charge in [0.05, 0.1) is 0 Å². The molecule has 0 aliphatic heterocycles. The fraction of sp³-hybridized carbons (Fsp3) is 0.417. The van der Waals surface area contributed by atoms with Crippen LogP contribution >= 0.6 is 0 Å². The number of aliphatic carboxylic acids is 1. The van der Waals surface area contributed by atoms with Crippen molar-refractivity contribution in [2.45, 2.75) is 59.5 Å². The minimum absolute atomic E-state index is 0.0917. The molecule has 1 amide bonds. The van der Waals surface area contributed by atoms with Crippen molar-refractivity contribution in [1.82, 2.24) is 4.90 Å². The molecule has 4 heteroatoms. The van der Waals surface area contributed by atoms with E-state index in [0.717, 1.165) is 24.0 Å². The average molecular weight is 382 g/mol. The number of carbonyl (C=O) groups excluding carboxylic acids is 1. The number of carboxylic acids is 1. The van der Waals surface area contributed by atoms with Crippen molar-refractivity contribution >= 4 is 11.9 Å². The first kappa shape index (κ1) is 21.7. The topological polar surface area (TPSA) is 57.6 Å². The van der Waals surface area contributed by atoms with Crippen LogP contribution in [-0.2, 0) is 16.1 Å². The summed E-state index contributed by atoms with van der Waals surface area (Å²) in [5.41, 5.74) is 4.44. The van der Waals surface area contributed by atoms with Gasteiger partial charge in [-0.15, -0.1) is 0 Å². The standard InChI is InChI=1S/C24H31NO3/c1-5-6-11-22(26)25(23(17(2)3)24(27)28)16-19-12-14-20(15-13-19)21-10-8-7-9-18(21)4/h7-10,12-15,17,23H,5-6,11,16H2,1-4H3,(H,27,28). The SMILES string of the molecule is CCCCC(=O)N(Cc1ccc(-c2ccccc2C)cc1)C(C(=O)O)C(C)C. The van der Waals surface area contributed by atoms with Crippen LogP contribution in [0.4, 0.5) is 0 Å². The molecule has 150 valence electrons. The molecule has 2 rings (SSSR count). The zero-order valence-electron chi connectivity index (χ0n) is 17.3. The molecule has 0 saturated carbocycles. The van der Waals surface area contributed by atoms with Gasteiger partial charge in [0.2, 0.25) is 5.91 Å². The van der Waals surface area contributed by atoms with Crippen LogP contribution in [0.5, 0.6) is 0 Å². The van der Waals surface area contributed by atoms with E-state index in [4.69, 9.17) is 0 Å². The summed E-state index contributed by atoms with van der Waals surface area (Å²) in [5.74, 6) is -1.20. The Labute approximate surface area is 168 Å². The molecule has 0 aromatic heterocycles. The van der Waals surface area contributed by atoms with Crippen molar-refractivity contribution in [3.05, 3.63) is 59.7 Å². The minimum atomic E-state index is -0.948. The van der Waals surface area contributed by atoms with Gasteiger partial charge < -0.3 is 10.0 Å². The first-order valence-electron chi connectivity index (χ1n) is 10.0. The first-order chi connectivity index (χ1) is 13.3. The second-order valence-corrected chi connectivity index (χ2v) is 7.66. The van der Waals surface area contributed by atoms with Crippen molar-refractivity contribution < 1.29 is 14.7 Å². The summed E-state index contributed by atoms with van der Waals surface area (Å²) in [6, 6.07) is 15.4. The number of carbonyl (C=O) groups is 2. The van der Waals surface area contributed by atoms with Crippen molar-refractivity contribution in [3.8, 4) is 11.1 Å². The van der Waals surface area contributed by atoms with Gasteiger partial charge in [0.15, 0.2) is 0 Å². The van der Waals surface area contributed by atoms with Crippen molar-refractivity contribution in [2.24, 2.45) is 5.92 Å². The minimum Gasteiger partial charge on any atom is -0.480 e. The summed E-state index contributed by atoms with van der Waals surface area (Å²) >= 11 is 0. The molecule has 0 aliphatic carbocycles. The van der Waals surface area contributed by atoms with E-state index >= 15 is 0 Å². The smallest absolute Gasteiger partial charge is 0.326 e. The molecule has 0 aliphatic rings. The van der Waals surface area contributed by atoms with Crippen LogP contribution in [0.3, 0.4) is 0 Å². The predicted molar refractivity (Wildman–Crippen MR) is 113 cm³/mol. The molecule has 4 nitrogen and oxygen atoms in total. The van der Waals surface area contributed by atoms with Crippen LogP contribution in [0.1, 0.15) is 51.2 Å². The molecule has 0 radical (unpaired) electrons. The molecule has 1 N–H and O–H groups in total. The summed E-state index contributed by atoms with van der Waals surface area (Å²) in [6.45, 7) is 8.11. The first-order valence-corrected chi connectivity index (χ1v) is 10.0. The highest BCUT2D eigenvalue weighted by Crippen LogP contribution is 2.24. The van der Waals surface area contributed by atoms with Crippen LogP contribution in [0.25, 0.3) is 11.1 Å². The van der Waals surface area contributed by atoms with E-state index in [-0.39, 0.29) is 11.8 Å². The zero-order chi connectivity index (χ0) is 20.7. The predicted octanol–water partition coefficient (Wildman–Crippen LogP) is 5.29. The third kappa shape index (κ3) is 5.44. The molecule has 0 saturated heterocycles. The van der Waals surface area contributed by atoms with E-state index < -0.39 is 12.0 Å². The average Bonchev–Trinajstić information content (AvgIpc) is 2.66. The maximum absolute atomic E-state index is 12.8. The molecular formula is C24H31NO3. The Balaban J connectivity index is 2.26. The van der Waals surface area contributed by atoms with Crippen molar-refractivity contribution in [2.75, 3.05) is 0 Å². The van der Waals surface area contributed by atoms with E-state index in [0.29, 0.717) is 13.0 Å². The van der Waals surface area contributed by atoms with Crippen LogP contribution < -0.4 is 0 Å². The van der Waals surface area contributed by atoms with Crippen LogP contribution in [0.2, 0.25) is 0 Å². The maximum Gasteiger partial charge on any atom is 0.326 e.